The van der Waals surface area contributed by atoms with Crippen molar-refractivity contribution >= 4 is 21.8 Å². The van der Waals surface area contributed by atoms with Crippen molar-refractivity contribution in [3.8, 4) is 0 Å². The minimum atomic E-state index is -0.388. The highest BCUT2D eigenvalue weighted by molar-refractivity contribution is 9.10. The first-order valence-corrected chi connectivity index (χ1v) is 6.74. The standard InChI is InChI=1S/C13H17BrFNO2/c1-2-3-6-16(7-8-17)13(18)11-5-4-10(15)9-12(11)14/h4-5,9,17H,2-3,6-8H2,1H3. The summed E-state index contributed by atoms with van der Waals surface area (Å²) in [5.41, 5.74) is 0.418. The number of amides is 1. The summed E-state index contributed by atoms with van der Waals surface area (Å²) < 4.78 is 13.4. The molecule has 0 aliphatic heterocycles. The zero-order valence-corrected chi connectivity index (χ0v) is 11.9. The van der Waals surface area contributed by atoms with Crippen LogP contribution in [0.1, 0.15) is 30.1 Å². The highest BCUT2D eigenvalue weighted by atomic mass is 79.9. The molecule has 0 heterocycles. The molecule has 1 amide bonds. The predicted molar refractivity (Wildman–Crippen MR) is 72.0 cm³/mol. The van der Waals surface area contributed by atoms with Crippen molar-refractivity contribution < 1.29 is 14.3 Å². The number of rotatable bonds is 6. The number of hydrogen-bond donors (Lipinski definition) is 1. The molecular formula is C13H17BrFNO2. The monoisotopic (exact) mass is 317 g/mol. The molecule has 3 nitrogen and oxygen atoms in total. The Morgan fingerprint density at radius 1 is 1.44 bits per heavy atom. The molecule has 18 heavy (non-hydrogen) atoms. The highest BCUT2D eigenvalue weighted by Gasteiger charge is 2.17. The third-order valence-corrected chi connectivity index (χ3v) is 3.26. The fraction of sp³-hybridized carbons (Fsp3) is 0.462. The van der Waals surface area contributed by atoms with Gasteiger partial charge < -0.3 is 10.0 Å². The maximum atomic E-state index is 13.0. The number of hydrogen-bond acceptors (Lipinski definition) is 2. The Labute approximate surface area is 115 Å². The van der Waals surface area contributed by atoms with E-state index in [1.165, 1.54) is 18.2 Å². The number of aliphatic hydroxyl groups excluding tert-OH is 1. The Balaban J connectivity index is 2.87. The van der Waals surface area contributed by atoms with Gasteiger partial charge in [-0.2, -0.15) is 0 Å². The smallest absolute Gasteiger partial charge is 0.255 e. The van der Waals surface area contributed by atoms with Gasteiger partial charge in [0, 0.05) is 17.6 Å². The van der Waals surface area contributed by atoms with Gasteiger partial charge in [0.2, 0.25) is 0 Å². The summed E-state index contributed by atoms with van der Waals surface area (Å²) in [4.78, 5) is 13.8. The number of benzene rings is 1. The van der Waals surface area contributed by atoms with Gasteiger partial charge in [-0.3, -0.25) is 4.79 Å². The Morgan fingerprint density at radius 2 is 2.17 bits per heavy atom. The quantitative estimate of drug-likeness (QED) is 0.876. The first-order chi connectivity index (χ1) is 8.60. The summed E-state index contributed by atoms with van der Waals surface area (Å²) >= 11 is 3.19. The molecule has 5 heteroatoms. The van der Waals surface area contributed by atoms with Gasteiger partial charge in [-0.1, -0.05) is 13.3 Å². The lowest BCUT2D eigenvalue weighted by atomic mass is 10.2. The van der Waals surface area contributed by atoms with Gasteiger partial charge in [-0.25, -0.2) is 4.39 Å². The van der Waals surface area contributed by atoms with E-state index in [4.69, 9.17) is 5.11 Å². The lowest BCUT2D eigenvalue weighted by Crippen LogP contribution is -2.34. The molecule has 1 rings (SSSR count). The molecule has 1 aromatic rings. The van der Waals surface area contributed by atoms with Crippen LogP contribution >= 0.6 is 15.9 Å². The molecule has 0 aliphatic carbocycles. The van der Waals surface area contributed by atoms with Gasteiger partial charge in [0.05, 0.1) is 12.2 Å². The summed E-state index contributed by atoms with van der Waals surface area (Å²) in [6.45, 7) is 2.85. The minimum absolute atomic E-state index is 0.0751. The summed E-state index contributed by atoms with van der Waals surface area (Å²) in [5.74, 6) is -0.579. The molecule has 0 atom stereocenters. The molecular weight excluding hydrogens is 301 g/mol. The summed E-state index contributed by atoms with van der Waals surface area (Å²) in [7, 11) is 0. The number of aliphatic hydroxyl groups is 1. The van der Waals surface area contributed by atoms with Crippen LogP contribution in [0.4, 0.5) is 4.39 Å². The fourth-order valence-corrected chi connectivity index (χ4v) is 2.14. The van der Waals surface area contributed by atoms with Crippen molar-refractivity contribution in [1.82, 2.24) is 4.90 Å². The summed E-state index contributed by atoms with van der Waals surface area (Å²) in [6.07, 6.45) is 1.85. The van der Waals surface area contributed by atoms with Gasteiger partial charge in [0.1, 0.15) is 5.82 Å². The molecule has 0 unspecified atom stereocenters. The summed E-state index contributed by atoms with van der Waals surface area (Å²) in [6, 6.07) is 3.98. The number of unbranched alkanes of at least 4 members (excludes halogenated alkanes) is 1. The van der Waals surface area contributed by atoms with Gasteiger partial charge in [-0.15, -0.1) is 0 Å². The van der Waals surface area contributed by atoms with E-state index in [1.54, 1.807) is 4.90 Å². The Morgan fingerprint density at radius 3 is 2.72 bits per heavy atom. The van der Waals surface area contributed by atoms with E-state index in [1.807, 2.05) is 6.92 Å². The van der Waals surface area contributed by atoms with Crippen LogP contribution in [0.5, 0.6) is 0 Å². The van der Waals surface area contributed by atoms with Crippen LogP contribution in [0, 0.1) is 5.82 Å². The molecule has 0 radical (unpaired) electrons. The second kappa shape index (κ2) is 7.48. The van der Waals surface area contributed by atoms with Crippen LogP contribution in [-0.2, 0) is 0 Å². The number of nitrogens with zero attached hydrogens (tertiary/aromatic N) is 1. The first kappa shape index (κ1) is 15.1. The van der Waals surface area contributed by atoms with Crippen LogP contribution in [0.25, 0.3) is 0 Å². The molecule has 0 saturated carbocycles. The van der Waals surface area contributed by atoms with Gasteiger partial charge >= 0.3 is 0 Å². The van der Waals surface area contributed by atoms with Crippen molar-refractivity contribution in [3.63, 3.8) is 0 Å². The van der Waals surface area contributed by atoms with Crippen molar-refractivity contribution in [2.75, 3.05) is 19.7 Å². The largest absolute Gasteiger partial charge is 0.395 e. The Bertz CT molecular complexity index is 412. The SMILES string of the molecule is CCCCN(CCO)C(=O)c1ccc(F)cc1Br. The van der Waals surface area contributed by atoms with Crippen LogP contribution in [0.15, 0.2) is 22.7 Å². The Kier molecular flexibility index (Phi) is 6.29. The second-order valence-electron chi connectivity index (χ2n) is 3.99. The molecule has 0 aliphatic rings. The van der Waals surface area contributed by atoms with Crippen LogP contribution in [0.3, 0.4) is 0 Å². The van der Waals surface area contributed by atoms with Crippen LogP contribution in [-0.4, -0.2) is 35.6 Å². The van der Waals surface area contributed by atoms with E-state index in [-0.39, 0.29) is 18.3 Å². The van der Waals surface area contributed by atoms with E-state index < -0.39 is 0 Å². The highest BCUT2D eigenvalue weighted by Crippen LogP contribution is 2.20. The molecule has 0 saturated heterocycles. The van der Waals surface area contributed by atoms with E-state index in [2.05, 4.69) is 15.9 Å². The zero-order chi connectivity index (χ0) is 13.5. The zero-order valence-electron chi connectivity index (χ0n) is 10.3. The van der Waals surface area contributed by atoms with E-state index in [0.717, 1.165) is 12.8 Å². The number of carbonyl (C=O) groups excluding carboxylic acids is 1. The molecule has 0 bridgehead atoms. The average molecular weight is 318 g/mol. The minimum Gasteiger partial charge on any atom is -0.395 e. The first-order valence-electron chi connectivity index (χ1n) is 5.95. The molecule has 0 spiro atoms. The maximum Gasteiger partial charge on any atom is 0.255 e. The fourth-order valence-electron chi connectivity index (χ4n) is 1.62. The predicted octanol–water partition coefficient (Wildman–Crippen LogP) is 2.82. The van der Waals surface area contributed by atoms with Crippen molar-refractivity contribution in [2.45, 2.75) is 19.8 Å². The third-order valence-electron chi connectivity index (χ3n) is 2.60. The molecule has 0 fully saturated rings. The van der Waals surface area contributed by atoms with Crippen LogP contribution < -0.4 is 0 Å². The van der Waals surface area contributed by atoms with Gasteiger partial charge in [0.15, 0.2) is 0 Å². The lowest BCUT2D eigenvalue weighted by Gasteiger charge is -2.22. The van der Waals surface area contributed by atoms with Crippen molar-refractivity contribution in [3.05, 3.63) is 34.1 Å². The molecule has 0 aromatic heterocycles. The van der Waals surface area contributed by atoms with E-state index in [9.17, 15) is 9.18 Å². The average Bonchev–Trinajstić information content (AvgIpc) is 2.33. The van der Waals surface area contributed by atoms with Crippen LogP contribution in [0.2, 0.25) is 0 Å². The summed E-state index contributed by atoms with van der Waals surface area (Å²) in [5, 5.41) is 8.98. The Hall–Kier alpha value is -0.940. The van der Waals surface area contributed by atoms with E-state index >= 15 is 0 Å². The second-order valence-corrected chi connectivity index (χ2v) is 4.85. The topological polar surface area (TPSA) is 40.5 Å². The third kappa shape index (κ3) is 4.07. The number of carbonyl (C=O) groups is 1. The number of halogens is 2. The maximum absolute atomic E-state index is 13.0. The molecule has 1 aromatic carbocycles. The van der Waals surface area contributed by atoms with Crippen molar-refractivity contribution in [1.29, 1.82) is 0 Å². The molecule has 1 N–H and O–H groups in total. The lowest BCUT2D eigenvalue weighted by molar-refractivity contribution is 0.0718. The van der Waals surface area contributed by atoms with E-state index in [0.29, 0.717) is 23.1 Å². The normalized spacial score (nSPS) is 10.4. The molecule has 100 valence electrons. The van der Waals surface area contributed by atoms with Gasteiger partial charge in [0.25, 0.3) is 5.91 Å². The van der Waals surface area contributed by atoms with Crippen molar-refractivity contribution in [2.24, 2.45) is 0 Å². The van der Waals surface area contributed by atoms with Gasteiger partial charge in [-0.05, 0) is 40.5 Å².